The van der Waals surface area contributed by atoms with Gasteiger partial charge in [-0.2, -0.15) is 0 Å². The summed E-state index contributed by atoms with van der Waals surface area (Å²) in [6.07, 6.45) is 14.6. The van der Waals surface area contributed by atoms with Gasteiger partial charge in [0.2, 0.25) is 0 Å². The molecule has 2 aromatic carbocycles. The fourth-order valence-electron chi connectivity index (χ4n) is 14.8. The van der Waals surface area contributed by atoms with E-state index in [9.17, 15) is 14.7 Å². The Bertz CT molecular complexity index is 2440. The summed E-state index contributed by atoms with van der Waals surface area (Å²) >= 11 is 0. The van der Waals surface area contributed by atoms with Crippen molar-refractivity contribution in [3.05, 3.63) is 84.5 Å². The van der Waals surface area contributed by atoms with E-state index < -0.39 is 29.4 Å². The van der Waals surface area contributed by atoms with Crippen molar-refractivity contribution in [1.29, 1.82) is 0 Å². The molecule has 10 aliphatic rings. The largest absolute Gasteiger partial charge is 0.459 e. The summed E-state index contributed by atoms with van der Waals surface area (Å²) in [6.45, 7) is 13.2. The molecule has 22 atom stereocenters. The lowest BCUT2D eigenvalue weighted by Crippen LogP contribution is -2.65. The summed E-state index contributed by atoms with van der Waals surface area (Å²) in [5.41, 5.74) is 0.0785. The van der Waals surface area contributed by atoms with Crippen molar-refractivity contribution in [1.82, 2.24) is 0 Å². The van der Waals surface area contributed by atoms with Crippen LogP contribution < -0.4 is 0 Å². The number of aliphatic hydroxyl groups excluding tert-OH is 1. The molecule has 402 valence electrons. The van der Waals surface area contributed by atoms with E-state index in [-0.39, 0.29) is 123 Å². The van der Waals surface area contributed by atoms with Crippen LogP contribution in [0.3, 0.4) is 0 Å². The van der Waals surface area contributed by atoms with Crippen LogP contribution >= 0.6 is 0 Å². The number of hydrogen-bond acceptors (Lipinski definition) is 14. The summed E-state index contributed by atoms with van der Waals surface area (Å²) in [7, 11) is 0. The van der Waals surface area contributed by atoms with Crippen molar-refractivity contribution in [2.24, 2.45) is 11.8 Å². The number of aliphatic hydroxyl groups is 1. The standard InChI is InChI=1S/C60H78O14/c1-33-23-46-49(29-55(62)70-46)69-54-28-48-50(74-59(54,4)30-33)24-35(3)56-45(67-48)15-9-8-14-41-42(71-56)16-10-18-44-43(66-41)17-11-19-53-60(5,73-44)31-52-47(68-53)27-51-57(72-52)40(61)26-39(65-51)22-34(2)32-64-58(63)38-21-20-36-12-6-7-13-37(36)25-38/h6-10,12-13,18,20-21,25,33,35,39-54,56-57,61H,2,11,14-17,19,22-24,26-32H2,1,3-5H3/b9-8-,18-10?/t33?,35-,39+,40-,41?,42-,43?,44+,45?,46-,47?,48?,49?,50-,51?,52+,53?,54?,56+,57-,59+,60-/m0/s1. The number of fused-ring (bicyclic) bond motifs is 10. The van der Waals surface area contributed by atoms with Crippen molar-refractivity contribution < 1.29 is 66.8 Å². The summed E-state index contributed by atoms with van der Waals surface area (Å²) in [6, 6.07) is 13.5. The summed E-state index contributed by atoms with van der Waals surface area (Å²) in [4.78, 5) is 25.3. The van der Waals surface area contributed by atoms with Crippen LogP contribution in [0.5, 0.6) is 0 Å². The molecule has 10 aliphatic heterocycles. The zero-order valence-corrected chi connectivity index (χ0v) is 43.7. The Hall–Kier alpha value is -3.54. The van der Waals surface area contributed by atoms with Crippen LogP contribution in [-0.4, -0.2) is 145 Å². The van der Waals surface area contributed by atoms with E-state index in [1.807, 2.05) is 36.4 Å². The summed E-state index contributed by atoms with van der Waals surface area (Å²) < 4.78 is 74.5. The topological polar surface area (TPSA) is 156 Å². The first kappa shape index (κ1) is 51.2. The van der Waals surface area contributed by atoms with Crippen molar-refractivity contribution in [3.63, 3.8) is 0 Å². The predicted octanol–water partition coefficient (Wildman–Crippen LogP) is 8.76. The first-order valence-electron chi connectivity index (χ1n) is 28.2. The average molecular weight is 1020 g/mol. The van der Waals surface area contributed by atoms with Gasteiger partial charge in [-0.1, -0.05) is 75.1 Å². The molecular weight excluding hydrogens is 945 g/mol. The molecule has 10 unspecified atom stereocenters. The highest BCUT2D eigenvalue weighted by molar-refractivity contribution is 5.95. The van der Waals surface area contributed by atoms with E-state index in [4.69, 9.17) is 52.1 Å². The molecule has 0 radical (unpaired) electrons. The lowest BCUT2D eigenvalue weighted by atomic mass is 9.78. The molecule has 74 heavy (non-hydrogen) atoms. The molecule has 8 saturated heterocycles. The molecule has 0 bridgehead atoms. The van der Waals surface area contributed by atoms with Crippen molar-refractivity contribution in [2.45, 2.75) is 245 Å². The third kappa shape index (κ3) is 10.5. The average Bonchev–Trinajstić information content (AvgIpc) is 3.67. The van der Waals surface area contributed by atoms with Crippen LogP contribution in [0.4, 0.5) is 0 Å². The molecule has 0 spiro atoms. The third-order valence-electron chi connectivity index (χ3n) is 18.4. The quantitative estimate of drug-likeness (QED) is 0.224. The zero-order valence-electron chi connectivity index (χ0n) is 43.7. The highest BCUT2D eigenvalue weighted by Crippen LogP contribution is 2.49. The second-order valence-electron chi connectivity index (χ2n) is 24.3. The molecule has 14 nitrogen and oxygen atoms in total. The van der Waals surface area contributed by atoms with Gasteiger partial charge in [-0.05, 0) is 118 Å². The third-order valence-corrected chi connectivity index (χ3v) is 18.4. The molecule has 0 aromatic heterocycles. The Morgan fingerprint density at radius 2 is 1.42 bits per heavy atom. The maximum Gasteiger partial charge on any atom is 0.338 e. The fourth-order valence-corrected chi connectivity index (χ4v) is 14.8. The van der Waals surface area contributed by atoms with E-state index in [2.05, 4.69) is 58.6 Å². The van der Waals surface area contributed by atoms with Gasteiger partial charge < -0.3 is 57.2 Å². The van der Waals surface area contributed by atoms with E-state index in [1.54, 1.807) is 6.07 Å². The molecule has 1 N–H and O–H groups in total. The number of ether oxygens (including phenoxy) is 11. The van der Waals surface area contributed by atoms with Gasteiger partial charge in [-0.3, -0.25) is 4.79 Å². The Morgan fingerprint density at radius 3 is 2.28 bits per heavy atom. The van der Waals surface area contributed by atoms with Crippen LogP contribution in [-0.2, 0) is 56.9 Å². The molecule has 10 heterocycles. The Morgan fingerprint density at radius 1 is 0.676 bits per heavy atom. The molecule has 0 aliphatic carbocycles. The second-order valence-corrected chi connectivity index (χ2v) is 24.3. The highest BCUT2D eigenvalue weighted by Gasteiger charge is 2.57. The van der Waals surface area contributed by atoms with Gasteiger partial charge in [0.05, 0.1) is 109 Å². The van der Waals surface area contributed by atoms with Gasteiger partial charge in [0.1, 0.15) is 31.0 Å². The van der Waals surface area contributed by atoms with Gasteiger partial charge in [0, 0.05) is 25.7 Å². The van der Waals surface area contributed by atoms with Crippen molar-refractivity contribution in [3.8, 4) is 0 Å². The molecule has 8 fully saturated rings. The molecule has 2 aromatic rings. The maximum atomic E-state index is 13.0. The fraction of sp³-hybridized carbons (Fsp3) is 0.700. The molecule has 12 rings (SSSR count). The number of benzene rings is 2. The van der Waals surface area contributed by atoms with Gasteiger partial charge in [0.25, 0.3) is 0 Å². The molecule has 14 heteroatoms. The van der Waals surface area contributed by atoms with Gasteiger partial charge in [-0.25, -0.2) is 4.79 Å². The van der Waals surface area contributed by atoms with E-state index in [1.165, 1.54) is 0 Å². The lowest BCUT2D eigenvalue weighted by molar-refractivity contribution is -0.316. The van der Waals surface area contributed by atoms with E-state index in [0.717, 1.165) is 67.7 Å². The normalized spacial score (nSPS) is 46.5. The summed E-state index contributed by atoms with van der Waals surface area (Å²) in [5, 5.41) is 13.6. The van der Waals surface area contributed by atoms with Crippen LogP contribution in [0.1, 0.15) is 134 Å². The van der Waals surface area contributed by atoms with Crippen LogP contribution in [0.15, 0.2) is 78.9 Å². The van der Waals surface area contributed by atoms with E-state index in [0.29, 0.717) is 50.0 Å². The lowest BCUT2D eigenvalue weighted by Gasteiger charge is -2.55. The maximum absolute atomic E-state index is 13.0. The van der Waals surface area contributed by atoms with Crippen LogP contribution in [0.25, 0.3) is 10.8 Å². The monoisotopic (exact) mass is 1020 g/mol. The minimum Gasteiger partial charge on any atom is -0.459 e. The summed E-state index contributed by atoms with van der Waals surface area (Å²) in [5.74, 6) is -0.0830. The Kier molecular flexibility index (Phi) is 14.5. The van der Waals surface area contributed by atoms with Gasteiger partial charge >= 0.3 is 11.9 Å². The second kappa shape index (κ2) is 21.0. The van der Waals surface area contributed by atoms with Crippen molar-refractivity contribution in [2.75, 3.05) is 6.61 Å². The minimum absolute atomic E-state index is 0.0717. The Balaban J connectivity index is 0.669. The van der Waals surface area contributed by atoms with Crippen LogP contribution in [0, 0.1) is 11.8 Å². The molecule has 0 saturated carbocycles. The van der Waals surface area contributed by atoms with Gasteiger partial charge in [-0.15, -0.1) is 0 Å². The van der Waals surface area contributed by atoms with Gasteiger partial charge in [0.15, 0.2) is 0 Å². The van der Waals surface area contributed by atoms with E-state index >= 15 is 0 Å². The number of carbonyl (C=O) groups excluding carboxylic acids is 2. The smallest absolute Gasteiger partial charge is 0.338 e. The number of carbonyl (C=O) groups is 2. The first-order chi connectivity index (χ1) is 35.7. The minimum atomic E-state index is -0.731. The first-order valence-corrected chi connectivity index (χ1v) is 28.2. The predicted molar refractivity (Wildman–Crippen MR) is 272 cm³/mol. The number of esters is 2. The number of hydrogen-bond donors (Lipinski definition) is 1. The Labute approximate surface area is 436 Å². The van der Waals surface area contributed by atoms with Crippen LogP contribution in [0.2, 0.25) is 0 Å². The number of rotatable bonds is 5. The molecular formula is C60H78O14. The van der Waals surface area contributed by atoms with Crippen molar-refractivity contribution >= 4 is 22.7 Å². The zero-order chi connectivity index (χ0) is 50.9. The molecule has 0 amide bonds. The highest BCUT2D eigenvalue weighted by atomic mass is 16.6. The SMILES string of the molecule is C=C(COC(=O)c1ccc2ccccc2c1)C[C@@H]1C[C@H](O)[C@@H]2O[C@@H]3C[C@]4(C)O[C@@H]5C=CC[C@@H]6O[C@H]7C(C/C=C\CC6OC5CCCC4OC3CC2O1)OC1CC2OC3CC(=O)O[C@H]3CC(C)C[C@@]2(C)O[C@H]1C[C@@H]7C.